The van der Waals surface area contributed by atoms with E-state index in [1.54, 1.807) is 19.2 Å². The second kappa shape index (κ2) is 5.39. The summed E-state index contributed by atoms with van der Waals surface area (Å²) >= 11 is 0. The van der Waals surface area contributed by atoms with E-state index in [4.69, 9.17) is 9.47 Å². The predicted octanol–water partition coefficient (Wildman–Crippen LogP) is 2.06. The lowest BCUT2D eigenvalue weighted by molar-refractivity contribution is 0.0808. The van der Waals surface area contributed by atoms with Crippen LogP contribution in [0.4, 0.5) is 0 Å². The van der Waals surface area contributed by atoms with Gasteiger partial charge in [0.25, 0.3) is 0 Å². The zero-order valence-electron chi connectivity index (χ0n) is 11.3. The molecule has 4 heteroatoms. The Morgan fingerprint density at radius 2 is 2.21 bits per heavy atom. The van der Waals surface area contributed by atoms with E-state index in [0.29, 0.717) is 24.4 Å². The topological polar surface area (TPSA) is 50.7 Å². The number of ether oxygens (including phenoxy) is 2. The zero-order valence-corrected chi connectivity index (χ0v) is 11.3. The average Bonchev–Trinajstić information content (AvgIpc) is 3.17. The van der Waals surface area contributed by atoms with E-state index >= 15 is 0 Å². The first-order chi connectivity index (χ1) is 9.28. The van der Waals surface area contributed by atoms with Crippen molar-refractivity contribution < 1.29 is 14.6 Å². The Balaban J connectivity index is 1.62. The van der Waals surface area contributed by atoms with Gasteiger partial charge in [-0.15, -0.1) is 0 Å². The molecule has 104 valence electrons. The van der Waals surface area contributed by atoms with Crippen molar-refractivity contribution in [3.63, 3.8) is 0 Å². The van der Waals surface area contributed by atoms with Crippen LogP contribution in [0.2, 0.25) is 0 Å². The molecule has 1 aromatic carbocycles. The lowest BCUT2D eigenvalue weighted by Crippen LogP contribution is -2.37. The summed E-state index contributed by atoms with van der Waals surface area (Å²) in [4.78, 5) is 0. The van der Waals surface area contributed by atoms with Crippen molar-refractivity contribution in [2.75, 3.05) is 13.7 Å². The minimum atomic E-state index is 0.315. The van der Waals surface area contributed by atoms with Gasteiger partial charge in [0.1, 0.15) is 11.5 Å². The van der Waals surface area contributed by atoms with Crippen LogP contribution in [0.25, 0.3) is 0 Å². The first-order valence-corrected chi connectivity index (χ1v) is 6.99. The SMILES string of the molecule is COc1ccc(O)c(CNC2CCOC2C2CC2)c1. The number of phenols is 1. The summed E-state index contributed by atoms with van der Waals surface area (Å²) in [5.74, 6) is 1.84. The number of methoxy groups -OCH3 is 1. The molecule has 0 bridgehead atoms. The summed E-state index contributed by atoms with van der Waals surface area (Å²) in [5, 5.41) is 13.4. The summed E-state index contributed by atoms with van der Waals surface area (Å²) in [6, 6.07) is 5.74. The van der Waals surface area contributed by atoms with E-state index in [1.165, 1.54) is 12.8 Å². The third-order valence-corrected chi connectivity index (χ3v) is 4.06. The number of aromatic hydroxyl groups is 1. The molecular formula is C15H21NO3. The maximum Gasteiger partial charge on any atom is 0.120 e. The number of benzene rings is 1. The fraction of sp³-hybridized carbons (Fsp3) is 0.600. The van der Waals surface area contributed by atoms with Gasteiger partial charge in [-0.2, -0.15) is 0 Å². The maximum atomic E-state index is 9.87. The molecule has 0 spiro atoms. The second-order valence-corrected chi connectivity index (χ2v) is 5.44. The van der Waals surface area contributed by atoms with Crippen molar-refractivity contribution in [2.45, 2.75) is 38.0 Å². The van der Waals surface area contributed by atoms with Crippen LogP contribution in [0.5, 0.6) is 11.5 Å². The Labute approximate surface area is 113 Å². The van der Waals surface area contributed by atoms with Crippen LogP contribution in [0.15, 0.2) is 18.2 Å². The molecule has 1 saturated carbocycles. The smallest absolute Gasteiger partial charge is 0.120 e. The molecule has 1 aliphatic carbocycles. The summed E-state index contributed by atoms with van der Waals surface area (Å²) in [5.41, 5.74) is 0.876. The van der Waals surface area contributed by atoms with E-state index in [9.17, 15) is 5.11 Å². The molecule has 2 N–H and O–H groups in total. The molecule has 0 radical (unpaired) electrons. The molecule has 4 nitrogen and oxygen atoms in total. The molecule has 0 amide bonds. The van der Waals surface area contributed by atoms with Gasteiger partial charge in [0.05, 0.1) is 13.2 Å². The lowest BCUT2D eigenvalue weighted by Gasteiger charge is -2.20. The number of phenolic OH excluding ortho intramolecular Hbond substituents is 1. The molecule has 2 fully saturated rings. The number of hydrogen-bond donors (Lipinski definition) is 2. The third-order valence-electron chi connectivity index (χ3n) is 4.06. The van der Waals surface area contributed by atoms with Crippen LogP contribution < -0.4 is 10.1 Å². The van der Waals surface area contributed by atoms with E-state index < -0.39 is 0 Å². The monoisotopic (exact) mass is 263 g/mol. The van der Waals surface area contributed by atoms with Gasteiger partial charge in [-0.1, -0.05) is 0 Å². The Hall–Kier alpha value is -1.26. The quantitative estimate of drug-likeness (QED) is 0.853. The molecule has 2 atom stereocenters. The van der Waals surface area contributed by atoms with Crippen molar-refractivity contribution >= 4 is 0 Å². The highest BCUT2D eigenvalue weighted by Crippen LogP contribution is 2.38. The van der Waals surface area contributed by atoms with Crippen molar-refractivity contribution in [1.29, 1.82) is 0 Å². The molecule has 19 heavy (non-hydrogen) atoms. The molecule has 1 saturated heterocycles. The minimum absolute atomic E-state index is 0.315. The zero-order chi connectivity index (χ0) is 13.2. The van der Waals surface area contributed by atoms with Crippen LogP contribution in [0, 0.1) is 5.92 Å². The second-order valence-electron chi connectivity index (χ2n) is 5.44. The average molecular weight is 263 g/mol. The Kier molecular flexibility index (Phi) is 3.62. The lowest BCUT2D eigenvalue weighted by atomic mass is 10.1. The molecule has 2 unspecified atom stereocenters. The number of hydrogen-bond acceptors (Lipinski definition) is 4. The van der Waals surface area contributed by atoms with E-state index in [1.807, 2.05) is 6.07 Å². The van der Waals surface area contributed by atoms with Gasteiger partial charge < -0.3 is 19.9 Å². The highest BCUT2D eigenvalue weighted by Gasteiger charge is 2.40. The van der Waals surface area contributed by atoms with E-state index in [-0.39, 0.29) is 0 Å². The standard InChI is InChI=1S/C15H21NO3/c1-18-12-4-5-14(17)11(8-12)9-16-13-6-7-19-15(13)10-2-3-10/h4-5,8,10,13,15-17H,2-3,6-7,9H2,1H3. The third kappa shape index (κ3) is 2.85. The Morgan fingerprint density at radius 3 is 2.95 bits per heavy atom. The van der Waals surface area contributed by atoms with E-state index in [0.717, 1.165) is 30.3 Å². The highest BCUT2D eigenvalue weighted by atomic mass is 16.5. The van der Waals surface area contributed by atoms with Crippen LogP contribution >= 0.6 is 0 Å². The highest BCUT2D eigenvalue weighted by molar-refractivity contribution is 5.39. The van der Waals surface area contributed by atoms with Crippen molar-refractivity contribution in [2.24, 2.45) is 5.92 Å². The molecule has 1 aromatic rings. The first kappa shape index (κ1) is 12.8. The van der Waals surface area contributed by atoms with Gasteiger partial charge in [0.2, 0.25) is 0 Å². The Morgan fingerprint density at radius 1 is 1.37 bits per heavy atom. The van der Waals surface area contributed by atoms with Crippen LogP contribution in [-0.2, 0) is 11.3 Å². The molecule has 2 aliphatic rings. The maximum absolute atomic E-state index is 9.87. The molecular weight excluding hydrogens is 242 g/mol. The van der Waals surface area contributed by atoms with Crippen molar-refractivity contribution in [1.82, 2.24) is 5.32 Å². The fourth-order valence-corrected chi connectivity index (χ4v) is 2.79. The van der Waals surface area contributed by atoms with Gasteiger partial charge >= 0.3 is 0 Å². The minimum Gasteiger partial charge on any atom is -0.508 e. The van der Waals surface area contributed by atoms with Gasteiger partial charge in [0.15, 0.2) is 0 Å². The molecule has 3 rings (SSSR count). The largest absolute Gasteiger partial charge is 0.508 e. The summed E-state index contributed by atoms with van der Waals surface area (Å²) in [6.45, 7) is 1.50. The predicted molar refractivity (Wildman–Crippen MR) is 72.4 cm³/mol. The van der Waals surface area contributed by atoms with E-state index in [2.05, 4.69) is 5.32 Å². The normalized spacial score (nSPS) is 26.6. The fourth-order valence-electron chi connectivity index (χ4n) is 2.79. The summed E-state index contributed by atoms with van der Waals surface area (Å²) in [6.07, 6.45) is 4.03. The van der Waals surface area contributed by atoms with Crippen LogP contribution in [0.3, 0.4) is 0 Å². The van der Waals surface area contributed by atoms with Crippen molar-refractivity contribution in [3.05, 3.63) is 23.8 Å². The van der Waals surface area contributed by atoms with Gasteiger partial charge in [-0.05, 0) is 43.4 Å². The van der Waals surface area contributed by atoms with Crippen LogP contribution in [-0.4, -0.2) is 31.0 Å². The molecule has 1 aliphatic heterocycles. The summed E-state index contributed by atoms with van der Waals surface area (Å²) < 4.78 is 11.0. The van der Waals surface area contributed by atoms with Gasteiger partial charge in [-0.25, -0.2) is 0 Å². The van der Waals surface area contributed by atoms with Crippen LogP contribution in [0.1, 0.15) is 24.8 Å². The first-order valence-electron chi connectivity index (χ1n) is 6.99. The van der Waals surface area contributed by atoms with Gasteiger partial charge in [0, 0.05) is 24.8 Å². The van der Waals surface area contributed by atoms with Gasteiger partial charge in [-0.3, -0.25) is 0 Å². The molecule has 1 heterocycles. The van der Waals surface area contributed by atoms with Crippen molar-refractivity contribution in [3.8, 4) is 11.5 Å². The Bertz CT molecular complexity index is 445. The number of nitrogens with one attached hydrogen (secondary N) is 1. The number of rotatable bonds is 5. The molecule has 0 aromatic heterocycles. The summed E-state index contributed by atoms with van der Waals surface area (Å²) in [7, 11) is 1.64.